The maximum absolute atomic E-state index is 11.7. The summed E-state index contributed by atoms with van der Waals surface area (Å²) < 4.78 is 9.43. The number of hydrogen-bond acceptors (Lipinski definition) is 8. The first-order valence-electron chi connectivity index (χ1n) is 7.88. The molecule has 0 radical (unpaired) electrons. The summed E-state index contributed by atoms with van der Waals surface area (Å²) in [5.41, 5.74) is 0. The number of amides is 2. The van der Waals surface area contributed by atoms with Crippen LogP contribution < -0.4 is 10.6 Å². The fraction of sp³-hybridized carbons (Fsp3) is 0.733. The summed E-state index contributed by atoms with van der Waals surface area (Å²) in [6.07, 6.45) is -4.31. The molecule has 0 aliphatic carbocycles. The van der Waals surface area contributed by atoms with Gasteiger partial charge < -0.3 is 30.3 Å². The molecule has 10 nitrogen and oxygen atoms in total. The number of aliphatic hydroxyl groups excluding tert-OH is 2. The highest BCUT2D eigenvalue weighted by atomic mass is 16.6. The van der Waals surface area contributed by atoms with Gasteiger partial charge in [0.25, 0.3) is 11.8 Å². The van der Waals surface area contributed by atoms with Gasteiger partial charge in [0.05, 0.1) is 0 Å². The van der Waals surface area contributed by atoms with Gasteiger partial charge in [-0.2, -0.15) is 0 Å². The number of ether oxygens (including phenoxy) is 2. The molecule has 4 N–H and O–H groups in total. The van der Waals surface area contributed by atoms with Gasteiger partial charge in [-0.1, -0.05) is 0 Å². The standard InChI is InChI=1S/C15H26N2O8/c1-8(18)14(22)24-10(3)12(20)16-6-5-7-17-13(21)11(4)25-15(23)9(2)19/h8-11,18-19H,5-7H2,1-4H3,(H,16,20)(H,17,21). The van der Waals surface area contributed by atoms with Crippen LogP contribution in [-0.4, -0.2) is 71.5 Å². The van der Waals surface area contributed by atoms with Crippen LogP contribution in [-0.2, 0) is 28.7 Å². The van der Waals surface area contributed by atoms with Gasteiger partial charge >= 0.3 is 11.9 Å². The molecule has 0 aromatic carbocycles. The lowest BCUT2D eigenvalue weighted by Crippen LogP contribution is -2.40. The number of hydrogen-bond donors (Lipinski definition) is 4. The van der Waals surface area contributed by atoms with E-state index in [2.05, 4.69) is 10.6 Å². The quantitative estimate of drug-likeness (QED) is 0.263. The Balaban J connectivity index is 3.94. The van der Waals surface area contributed by atoms with E-state index in [1.807, 2.05) is 0 Å². The van der Waals surface area contributed by atoms with Crippen LogP contribution in [0.3, 0.4) is 0 Å². The monoisotopic (exact) mass is 362 g/mol. The van der Waals surface area contributed by atoms with Crippen LogP contribution >= 0.6 is 0 Å². The minimum absolute atomic E-state index is 0.220. The third-order valence-electron chi connectivity index (χ3n) is 2.96. The second kappa shape index (κ2) is 11.4. The molecule has 0 aliphatic rings. The van der Waals surface area contributed by atoms with Crippen molar-refractivity contribution in [1.29, 1.82) is 0 Å². The van der Waals surface area contributed by atoms with Crippen LogP contribution in [0.2, 0.25) is 0 Å². The number of rotatable bonds is 10. The fourth-order valence-electron chi connectivity index (χ4n) is 1.45. The summed E-state index contributed by atoms with van der Waals surface area (Å²) in [4.78, 5) is 45.6. The van der Waals surface area contributed by atoms with Crippen LogP contribution in [0.1, 0.15) is 34.1 Å². The molecule has 0 aromatic rings. The predicted molar refractivity (Wildman–Crippen MR) is 85.1 cm³/mol. The smallest absolute Gasteiger partial charge is 0.335 e. The highest BCUT2D eigenvalue weighted by molar-refractivity contribution is 5.85. The van der Waals surface area contributed by atoms with E-state index in [9.17, 15) is 19.2 Å². The zero-order valence-corrected chi connectivity index (χ0v) is 14.8. The van der Waals surface area contributed by atoms with Crippen LogP contribution in [0.15, 0.2) is 0 Å². The molecule has 0 fully saturated rings. The summed E-state index contributed by atoms with van der Waals surface area (Å²) >= 11 is 0. The average Bonchev–Trinajstić information content (AvgIpc) is 2.53. The Kier molecular flexibility index (Phi) is 10.4. The SMILES string of the molecule is CC(O)C(=O)OC(C)C(=O)NCCCNC(=O)C(C)OC(=O)C(C)O. The Hall–Kier alpha value is -2.20. The van der Waals surface area contributed by atoms with Crippen molar-refractivity contribution >= 4 is 23.8 Å². The van der Waals surface area contributed by atoms with Crippen LogP contribution in [0.25, 0.3) is 0 Å². The molecule has 0 rings (SSSR count). The van der Waals surface area contributed by atoms with Crippen molar-refractivity contribution in [3.63, 3.8) is 0 Å². The van der Waals surface area contributed by atoms with Crippen LogP contribution in [0.5, 0.6) is 0 Å². The Morgan fingerprint density at radius 1 is 0.760 bits per heavy atom. The Morgan fingerprint density at radius 2 is 1.08 bits per heavy atom. The highest BCUT2D eigenvalue weighted by Crippen LogP contribution is 1.97. The van der Waals surface area contributed by atoms with Crippen LogP contribution in [0.4, 0.5) is 0 Å². The van der Waals surface area contributed by atoms with Gasteiger partial charge in [0, 0.05) is 13.1 Å². The normalized spacial score (nSPS) is 15.3. The largest absolute Gasteiger partial charge is 0.451 e. The summed E-state index contributed by atoms with van der Waals surface area (Å²) in [6.45, 7) is 5.64. The van der Waals surface area contributed by atoms with Gasteiger partial charge in [-0.3, -0.25) is 9.59 Å². The van der Waals surface area contributed by atoms with Gasteiger partial charge in [-0.15, -0.1) is 0 Å². The van der Waals surface area contributed by atoms with Crippen molar-refractivity contribution in [3.05, 3.63) is 0 Å². The molecule has 0 heterocycles. The Bertz CT molecular complexity index is 436. The number of nitrogens with one attached hydrogen (secondary N) is 2. The van der Waals surface area contributed by atoms with Gasteiger partial charge in [0.15, 0.2) is 12.2 Å². The van der Waals surface area contributed by atoms with E-state index in [-0.39, 0.29) is 13.1 Å². The lowest BCUT2D eigenvalue weighted by molar-refractivity contribution is -0.162. The maximum atomic E-state index is 11.7. The fourth-order valence-corrected chi connectivity index (χ4v) is 1.45. The molecule has 25 heavy (non-hydrogen) atoms. The van der Waals surface area contributed by atoms with E-state index in [1.165, 1.54) is 27.7 Å². The summed E-state index contributed by atoms with van der Waals surface area (Å²) in [7, 11) is 0. The van der Waals surface area contributed by atoms with Crippen molar-refractivity contribution in [2.75, 3.05) is 13.1 Å². The van der Waals surface area contributed by atoms with E-state index in [0.29, 0.717) is 6.42 Å². The molecule has 0 aromatic heterocycles. The highest BCUT2D eigenvalue weighted by Gasteiger charge is 2.21. The molecule has 0 saturated carbocycles. The number of carbonyl (C=O) groups is 4. The summed E-state index contributed by atoms with van der Waals surface area (Å²) in [6, 6.07) is 0. The van der Waals surface area contributed by atoms with Gasteiger partial charge in [-0.25, -0.2) is 9.59 Å². The predicted octanol–water partition coefficient (Wildman–Crippen LogP) is -1.77. The molecule has 4 atom stereocenters. The Morgan fingerprint density at radius 3 is 1.36 bits per heavy atom. The van der Waals surface area contributed by atoms with Gasteiger partial charge in [0.1, 0.15) is 12.2 Å². The maximum Gasteiger partial charge on any atom is 0.335 e. The van der Waals surface area contributed by atoms with Crippen molar-refractivity contribution in [2.45, 2.75) is 58.5 Å². The number of carbonyl (C=O) groups excluding carboxylic acids is 4. The molecular formula is C15H26N2O8. The van der Waals surface area contributed by atoms with Gasteiger partial charge in [-0.05, 0) is 34.1 Å². The first-order chi connectivity index (χ1) is 11.6. The van der Waals surface area contributed by atoms with E-state index in [0.717, 1.165) is 0 Å². The molecular weight excluding hydrogens is 336 g/mol. The topological polar surface area (TPSA) is 151 Å². The minimum atomic E-state index is -1.31. The van der Waals surface area contributed by atoms with E-state index in [4.69, 9.17) is 19.7 Å². The molecule has 0 bridgehead atoms. The van der Waals surface area contributed by atoms with Crippen molar-refractivity contribution < 1.29 is 38.9 Å². The average molecular weight is 362 g/mol. The van der Waals surface area contributed by atoms with Crippen molar-refractivity contribution in [3.8, 4) is 0 Å². The third kappa shape index (κ3) is 9.62. The Labute approximate surface area is 145 Å². The second-order valence-electron chi connectivity index (χ2n) is 5.45. The first-order valence-corrected chi connectivity index (χ1v) is 7.88. The van der Waals surface area contributed by atoms with Gasteiger partial charge in [0.2, 0.25) is 0 Å². The first kappa shape index (κ1) is 22.8. The number of aliphatic hydroxyl groups is 2. The molecule has 144 valence electrons. The molecule has 0 spiro atoms. The zero-order chi connectivity index (χ0) is 19.6. The molecule has 0 aliphatic heterocycles. The molecule has 4 unspecified atom stereocenters. The van der Waals surface area contributed by atoms with Crippen molar-refractivity contribution in [2.24, 2.45) is 0 Å². The van der Waals surface area contributed by atoms with Crippen LogP contribution in [0, 0.1) is 0 Å². The second-order valence-corrected chi connectivity index (χ2v) is 5.45. The van der Waals surface area contributed by atoms with E-state index in [1.54, 1.807) is 0 Å². The lowest BCUT2D eigenvalue weighted by atomic mass is 10.3. The molecule has 10 heteroatoms. The zero-order valence-electron chi connectivity index (χ0n) is 14.8. The van der Waals surface area contributed by atoms with E-state index < -0.39 is 48.2 Å². The third-order valence-corrected chi connectivity index (χ3v) is 2.96. The van der Waals surface area contributed by atoms with E-state index >= 15 is 0 Å². The minimum Gasteiger partial charge on any atom is -0.451 e. The lowest BCUT2D eigenvalue weighted by Gasteiger charge is -2.15. The molecule has 0 saturated heterocycles. The summed E-state index contributed by atoms with van der Waals surface area (Å²) in [5.74, 6) is -2.84. The molecule has 2 amide bonds. The van der Waals surface area contributed by atoms with Crippen molar-refractivity contribution in [1.82, 2.24) is 10.6 Å². The number of esters is 2. The summed E-state index contributed by atoms with van der Waals surface area (Å²) in [5, 5.41) is 23.0.